The summed E-state index contributed by atoms with van der Waals surface area (Å²) in [4.78, 5) is 0. The summed E-state index contributed by atoms with van der Waals surface area (Å²) in [5.41, 5.74) is 0. The first-order valence-electron chi connectivity index (χ1n) is 3.88. The van der Waals surface area contributed by atoms with Crippen molar-refractivity contribution in [2.45, 2.75) is 16.7 Å². The summed E-state index contributed by atoms with van der Waals surface area (Å²) >= 11 is 1.48. The molecule has 1 aromatic rings. The second kappa shape index (κ2) is 3.30. The quantitative estimate of drug-likeness (QED) is 0.762. The van der Waals surface area contributed by atoms with Crippen LogP contribution in [0, 0.1) is 0 Å². The maximum atomic E-state index is 11.1. The number of nitrogens with zero attached hydrogens (tertiary/aromatic N) is 2. The van der Waals surface area contributed by atoms with Gasteiger partial charge in [0.05, 0.1) is 17.7 Å². The molecule has 13 heavy (non-hydrogen) atoms. The van der Waals surface area contributed by atoms with Gasteiger partial charge in [-0.25, -0.2) is 8.42 Å². The third-order valence-corrected chi connectivity index (χ3v) is 5.02. The molecule has 2 heterocycles. The number of hydrogen-bond acceptors (Lipinski definition) is 5. The average Bonchev–Trinajstić information content (AvgIpc) is 2.61. The van der Waals surface area contributed by atoms with Crippen LogP contribution in [0.25, 0.3) is 0 Å². The fourth-order valence-corrected chi connectivity index (χ4v) is 4.64. The van der Waals surface area contributed by atoms with Crippen LogP contribution < -0.4 is 0 Å². The van der Waals surface area contributed by atoms with Gasteiger partial charge in [-0.2, -0.15) is 10.3 Å². The average molecular weight is 219 g/mol. The van der Waals surface area contributed by atoms with Gasteiger partial charge in [0.1, 0.15) is 5.03 Å². The Balaban J connectivity index is 1.99. The molecule has 0 bridgehead atoms. The van der Waals surface area contributed by atoms with Crippen molar-refractivity contribution < 1.29 is 8.42 Å². The molecule has 5 nitrogen and oxygen atoms in total. The monoisotopic (exact) mass is 219 g/mol. The van der Waals surface area contributed by atoms with E-state index in [1.807, 2.05) is 0 Å². The standard InChI is InChI=1S/C6H9N3O2S2/c10-13(11)2-1-5(4-13)12-6-3-7-9-8-6/h3,5H,1-2,4H2,(H,7,8,9). The lowest BCUT2D eigenvalue weighted by atomic mass is 10.4. The molecule has 0 saturated carbocycles. The van der Waals surface area contributed by atoms with Crippen molar-refractivity contribution in [2.75, 3.05) is 11.5 Å². The van der Waals surface area contributed by atoms with Crippen molar-refractivity contribution in [3.63, 3.8) is 0 Å². The molecule has 1 fully saturated rings. The van der Waals surface area contributed by atoms with Gasteiger partial charge in [-0.3, -0.25) is 0 Å². The number of sulfone groups is 1. The zero-order chi connectivity index (χ0) is 9.31. The highest BCUT2D eigenvalue weighted by atomic mass is 32.2. The van der Waals surface area contributed by atoms with Crippen LogP contribution in [0.3, 0.4) is 0 Å². The Kier molecular flexibility index (Phi) is 2.29. The summed E-state index contributed by atoms with van der Waals surface area (Å²) in [7, 11) is -2.78. The van der Waals surface area contributed by atoms with Crippen LogP contribution in [0.15, 0.2) is 11.2 Å². The zero-order valence-corrected chi connectivity index (χ0v) is 8.44. The van der Waals surface area contributed by atoms with Gasteiger partial charge in [0.15, 0.2) is 9.84 Å². The van der Waals surface area contributed by atoms with Crippen molar-refractivity contribution in [1.29, 1.82) is 0 Å². The molecule has 1 N–H and O–H groups in total. The maximum Gasteiger partial charge on any atom is 0.151 e. The minimum Gasteiger partial charge on any atom is -0.229 e. The van der Waals surface area contributed by atoms with E-state index in [1.165, 1.54) is 11.8 Å². The minimum absolute atomic E-state index is 0.148. The van der Waals surface area contributed by atoms with Gasteiger partial charge < -0.3 is 0 Å². The Hall–Kier alpha value is -0.560. The Morgan fingerprint density at radius 3 is 3.00 bits per heavy atom. The molecular weight excluding hydrogens is 210 g/mol. The first-order valence-corrected chi connectivity index (χ1v) is 6.59. The first-order chi connectivity index (χ1) is 6.16. The number of rotatable bonds is 2. The summed E-state index contributed by atoms with van der Waals surface area (Å²) in [6.07, 6.45) is 2.33. The lowest BCUT2D eigenvalue weighted by molar-refractivity contribution is 0.602. The van der Waals surface area contributed by atoms with Gasteiger partial charge in [-0.1, -0.05) is 11.8 Å². The van der Waals surface area contributed by atoms with Gasteiger partial charge in [0.25, 0.3) is 0 Å². The van der Waals surface area contributed by atoms with Gasteiger partial charge in [0, 0.05) is 5.25 Å². The van der Waals surface area contributed by atoms with E-state index < -0.39 is 9.84 Å². The Morgan fingerprint density at radius 1 is 1.62 bits per heavy atom. The summed E-state index contributed by atoms with van der Waals surface area (Å²) in [6, 6.07) is 0. The first kappa shape index (κ1) is 9.01. The van der Waals surface area contributed by atoms with E-state index in [0.29, 0.717) is 5.75 Å². The Bertz CT molecular complexity index is 373. The molecule has 1 aliphatic heterocycles. The van der Waals surface area contributed by atoms with Gasteiger partial charge in [-0.15, -0.1) is 5.10 Å². The number of nitrogens with one attached hydrogen (secondary N) is 1. The van der Waals surface area contributed by atoms with E-state index in [0.717, 1.165) is 11.4 Å². The molecule has 1 aromatic heterocycles. The van der Waals surface area contributed by atoms with E-state index in [1.54, 1.807) is 6.20 Å². The van der Waals surface area contributed by atoms with E-state index in [-0.39, 0.29) is 11.0 Å². The molecule has 7 heteroatoms. The molecule has 2 rings (SSSR count). The molecule has 72 valence electrons. The van der Waals surface area contributed by atoms with Crippen molar-refractivity contribution in [2.24, 2.45) is 0 Å². The molecule has 0 spiro atoms. The molecule has 0 radical (unpaired) electrons. The molecule has 1 unspecified atom stereocenters. The molecule has 1 saturated heterocycles. The molecule has 0 amide bonds. The highest BCUT2D eigenvalue weighted by Crippen LogP contribution is 2.28. The summed E-state index contributed by atoms with van der Waals surface area (Å²) < 4.78 is 22.2. The van der Waals surface area contributed by atoms with Crippen LogP contribution in [-0.4, -0.2) is 40.6 Å². The predicted octanol–water partition coefficient (Wildman–Crippen LogP) is 0.0839. The fraction of sp³-hybridized carbons (Fsp3) is 0.667. The van der Waals surface area contributed by atoms with Crippen LogP contribution in [0.1, 0.15) is 6.42 Å². The Labute approximate surface area is 80.2 Å². The van der Waals surface area contributed by atoms with Gasteiger partial charge >= 0.3 is 0 Å². The molecule has 0 aromatic carbocycles. The highest BCUT2D eigenvalue weighted by molar-refractivity contribution is 8.01. The molecular formula is C6H9N3O2S2. The second-order valence-electron chi connectivity index (χ2n) is 2.95. The zero-order valence-electron chi connectivity index (χ0n) is 6.80. The van der Waals surface area contributed by atoms with E-state index >= 15 is 0 Å². The normalized spacial score (nSPS) is 26.3. The van der Waals surface area contributed by atoms with Crippen molar-refractivity contribution in [1.82, 2.24) is 15.4 Å². The smallest absolute Gasteiger partial charge is 0.151 e. The van der Waals surface area contributed by atoms with Crippen LogP contribution in [0.4, 0.5) is 0 Å². The van der Waals surface area contributed by atoms with Crippen molar-refractivity contribution >= 4 is 21.6 Å². The van der Waals surface area contributed by atoms with Crippen molar-refractivity contribution in [3.8, 4) is 0 Å². The van der Waals surface area contributed by atoms with E-state index in [4.69, 9.17) is 0 Å². The van der Waals surface area contributed by atoms with E-state index in [9.17, 15) is 8.42 Å². The number of H-pyrrole nitrogens is 1. The minimum atomic E-state index is -2.78. The fourth-order valence-electron chi connectivity index (χ4n) is 1.27. The van der Waals surface area contributed by atoms with Crippen LogP contribution >= 0.6 is 11.8 Å². The largest absolute Gasteiger partial charge is 0.229 e. The SMILES string of the molecule is O=S1(=O)CCC(Sc2cn[nH]n2)C1. The molecule has 0 aliphatic carbocycles. The lowest BCUT2D eigenvalue weighted by Gasteiger charge is -2.01. The van der Waals surface area contributed by atoms with Crippen LogP contribution in [-0.2, 0) is 9.84 Å². The predicted molar refractivity (Wildman–Crippen MR) is 49.3 cm³/mol. The number of thioether (sulfide) groups is 1. The summed E-state index contributed by atoms with van der Waals surface area (Å²) in [5, 5.41) is 10.9. The van der Waals surface area contributed by atoms with Crippen LogP contribution in [0.2, 0.25) is 0 Å². The maximum absolute atomic E-state index is 11.1. The van der Waals surface area contributed by atoms with Crippen molar-refractivity contribution in [3.05, 3.63) is 6.20 Å². The number of hydrogen-bond donors (Lipinski definition) is 1. The number of aromatic nitrogens is 3. The van der Waals surface area contributed by atoms with E-state index in [2.05, 4.69) is 15.4 Å². The Morgan fingerprint density at radius 2 is 2.46 bits per heavy atom. The topological polar surface area (TPSA) is 75.7 Å². The third kappa shape index (κ3) is 2.22. The third-order valence-electron chi connectivity index (χ3n) is 1.87. The van der Waals surface area contributed by atoms with Gasteiger partial charge in [0.2, 0.25) is 0 Å². The van der Waals surface area contributed by atoms with Crippen LogP contribution in [0.5, 0.6) is 0 Å². The number of aromatic amines is 1. The van der Waals surface area contributed by atoms with Gasteiger partial charge in [-0.05, 0) is 6.42 Å². The lowest BCUT2D eigenvalue weighted by Crippen LogP contribution is -2.05. The highest BCUT2D eigenvalue weighted by Gasteiger charge is 2.28. The molecule has 1 atom stereocenters. The molecule has 1 aliphatic rings. The summed E-state index contributed by atoms with van der Waals surface area (Å²) in [6.45, 7) is 0. The second-order valence-corrected chi connectivity index (χ2v) is 6.50. The summed E-state index contributed by atoms with van der Waals surface area (Å²) in [5.74, 6) is 0.576.